The van der Waals surface area contributed by atoms with Gasteiger partial charge in [-0.05, 0) is 36.4 Å². The molecular formula is C17H17N3OS. The highest BCUT2D eigenvalue weighted by Crippen LogP contribution is 2.31. The number of benzene rings is 1. The molecule has 2 aromatic heterocycles. The van der Waals surface area contributed by atoms with Gasteiger partial charge in [-0.15, -0.1) is 11.3 Å². The molecule has 112 valence electrons. The number of likely N-dealkylation sites (tertiary alicyclic amines) is 1. The lowest BCUT2D eigenvalue weighted by Gasteiger charge is -2.15. The number of nitrogens with one attached hydrogen (secondary N) is 1. The molecule has 0 spiro atoms. The van der Waals surface area contributed by atoms with Gasteiger partial charge in [-0.1, -0.05) is 18.2 Å². The third-order valence-electron chi connectivity index (χ3n) is 4.39. The molecule has 0 saturated carbocycles. The SMILES string of the molecule is Cc1cn[nH]c1[C@H]1CCN(C(=O)c2cc3ccccc3s2)C1. The van der Waals surface area contributed by atoms with E-state index in [1.807, 2.05) is 29.3 Å². The van der Waals surface area contributed by atoms with Crippen LogP contribution in [-0.4, -0.2) is 34.1 Å². The second kappa shape index (κ2) is 5.25. The van der Waals surface area contributed by atoms with E-state index >= 15 is 0 Å². The quantitative estimate of drug-likeness (QED) is 0.786. The van der Waals surface area contributed by atoms with Crippen molar-refractivity contribution in [2.24, 2.45) is 0 Å². The van der Waals surface area contributed by atoms with E-state index in [2.05, 4.69) is 29.3 Å². The third kappa shape index (κ3) is 2.22. The van der Waals surface area contributed by atoms with Crippen molar-refractivity contribution < 1.29 is 4.79 Å². The van der Waals surface area contributed by atoms with Gasteiger partial charge in [0.05, 0.1) is 11.1 Å². The Labute approximate surface area is 132 Å². The Kier molecular flexibility index (Phi) is 3.22. The number of H-pyrrole nitrogens is 1. The predicted molar refractivity (Wildman–Crippen MR) is 88.4 cm³/mol. The van der Waals surface area contributed by atoms with Crippen LogP contribution < -0.4 is 0 Å². The van der Waals surface area contributed by atoms with Gasteiger partial charge in [0, 0.05) is 29.4 Å². The van der Waals surface area contributed by atoms with Gasteiger partial charge in [-0.3, -0.25) is 9.89 Å². The first-order valence-electron chi connectivity index (χ1n) is 7.50. The van der Waals surface area contributed by atoms with Crippen LogP contribution in [0, 0.1) is 6.92 Å². The Morgan fingerprint density at radius 2 is 2.27 bits per heavy atom. The van der Waals surface area contributed by atoms with Crippen molar-refractivity contribution in [3.63, 3.8) is 0 Å². The first-order valence-corrected chi connectivity index (χ1v) is 8.32. The molecule has 1 N–H and O–H groups in total. The average Bonchev–Trinajstić information content (AvgIpc) is 3.24. The van der Waals surface area contributed by atoms with Crippen molar-refractivity contribution in [1.29, 1.82) is 0 Å². The molecule has 0 aliphatic carbocycles. The topological polar surface area (TPSA) is 49.0 Å². The summed E-state index contributed by atoms with van der Waals surface area (Å²) in [6, 6.07) is 10.2. The molecule has 1 amide bonds. The lowest BCUT2D eigenvalue weighted by Crippen LogP contribution is -2.27. The summed E-state index contributed by atoms with van der Waals surface area (Å²) in [5, 5.41) is 8.33. The molecule has 1 aromatic carbocycles. The number of aromatic nitrogens is 2. The fraction of sp³-hybridized carbons (Fsp3) is 0.294. The molecule has 1 aliphatic heterocycles. The Balaban J connectivity index is 1.55. The van der Waals surface area contributed by atoms with Crippen LogP contribution in [0.1, 0.15) is 33.3 Å². The summed E-state index contributed by atoms with van der Waals surface area (Å²) in [5.74, 6) is 0.529. The number of aromatic amines is 1. The highest BCUT2D eigenvalue weighted by molar-refractivity contribution is 7.20. The van der Waals surface area contributed by atoms with Crippen LogP contribution in [0.4, 0.5) is 0 Å². The number of thiophene rings is 1. The standard InChI is InChI=1S/C17H17N3OS/c1-11-9-18-19-16(11)13-6-7-20(10-13)17(21)15-8-12-4-2-3-5-14(12)22-15/h2-5,8-9,13H,6-7,10H2,1H3,(H,18,19)/t13-/m0/s1. The summed E-state index contributed by atoms with van der Waals surface area (Å²) in [4.78, 5) is 15.5. The van der Waals surface area contributed by atoms with Crippen molar-refractivity contribution in [3.05, 3.63) is 52.7 Å². The first-order chi connectivity index (χ1) is 10.7. The zero-order chi connectivity index (χ0) is 15.1. The van der Waals surface area contributed by atoms with Crippen molar-refractivity contribution in [2.75, 3.05) is 13.1 Å². The Bertz CT molecular complexity index is 802. The van der Waals surface area contributed by atoms with Crippen molar-refractivity contribution >= 4 is 27.3 Å². The Hall–Kier alpha value is -2.14. The zero-order valence-electron chi connectivity index (χ0n) is 12.4. The first kappa shape index (κ1) is 13.5. The molecule has 1 aliphatic rings. The Morgan fingerprint density at radius 1 is 1.41 bits per heavy atom. The minimum atomic E-state index is 0.154. The van der Waals surface area contributed by atoms with Crippen LogP contribution in [0.15, 0.2) is 36.5 Å². The van der Waals surface area contributed by atoms with E-state index in [4.69, 9.17) is 0 Å². The van der Waals surface area contributed by atoms with E-state index in [-0.39, 0.29) is 5.91 Å². The molecule has 4 rings (SSSR count). The number of fused-ring (bicyclic) bond motifs is 1. The summed E-state index contributed by atoms with van der Waals surface area (Å²) in [6.45, 7) is 3.65. The normalized spacial score (nSPS) is 18.2. The molecule has 5 heteroatoms. The number of hydrogen-bond acceptors (Lipinski definition) is 3. The zero-order valence-corrected chi connectivity index (χ0v) is 13.2. The number of nitrogens with zero attached hydrogens (tertiary/aromatic N) is 2. The van der Waals surface area contributed by atoms with E-state index in [9.17, 15) is 4.79 Å². The van der Waals surface area contributed by atoms with Gasteiger partial charge in [0.2, 0.25) is 0 Å². The fourth-order valence-electron chi connectivity index (χ4n) is 3.19. The molecule has 3 aromatic rings. The van der Waals surface area contributed by atoms with Crippen LogP contribution >= 0.6 is 11.3 Å². The molecular weight excluding hydrogens is 294 g/mol. The maximum Gasteiger partial charge on any atom is 0.263 e. The van der Waals surface area contributed by atoms with Gasteiger partial charge in [-0.2, -0.15) is 5.10 Å². The van der Waals surface area contributed by atoms with Gasteiger partial charge in [-0.25, -0.2) is 0 Å². The summed E-state index contributed by atoms with van der Waals surface area (Å²) in [6.07, 6.45) is 2.85. The molecule has 0 unspecified atom stereocenters. The molecule has 0 radical (unpaired) electrons. The van der Waals surface area contributed by atoms with Gasteiger partial charge < -0.3 is 4.90 Å². The third-order valence-corrected chi connectivity index (χ3v) is 5.49. The van der Waals surface area contributed by atoms with Crippen molar-refractivity contribution in [1.82, 2.24) is 15.1 Å². The minimum absolute atomic E-state index is 0.154. The van der Waals surface area contributed by atoms with E-state index in [1.54, 1.807) is 11.3 Å². The summed E-state index contributed by atoms with van der Waals surface area (Å²) >= 11 is 1.58. The molecule has 0 bridgehead atoms. The van der Waals surface area contributed by atoms with Crippen LogP contribution in [0.25, 0.3) is 10.1 Å². The van der Waals surface area contributed by atoms with E-state index in [0.717, 1.165) is 29.8 Å². The van der Waals surface area contributed by atoms with E-state index in [1.165, 1.54) is 16.0 Å². The van der Waals surface area contributed by atoms with Crippen LogP contribution in [-0.2, 0) is 0 Å². The average molecular weight is 311 g/mol. The summed E-state index contributed by atoms with van der Waals surface area (Å²) < 4.78 is 1.17. The van der Waals surface area contributed by atoms with Crippen LogP contribution in [0.2, 0.25) is 0 Å². The maximum absolute atomic E-state index is 12.7. The summed E-state index contributed by atoms with van der Waals surface area (Å²) in [7, 11) is 0. The number of rotatable bonds is 2. The molecule has 22 heavy (non-hydrogen) atoms. The number of hydrogen-bond donors (Lipinski definition) is 1. The minimum Gasteiger partial charge on any atom is -0.337 e. The van der Waals surface area contributed by atoms with Gasteiger partial charge in [0.15, 0.2) is 0 Å². The largest absolute Gasteiger partial charge is 0.337 e. The lowest BCUT2D eigenvalue weighted by atomic mass is 10.0. The number of amides is 1. The molecule has 3 heterocycles. The monoisotopic (exact) mass is 311 g/mol. The van der Waals surface area contributed by atoms with Crippen LogP contribution in [0.5, 0.6) is 0 Å². The van der Waals surface area contributed by atoms with Gasteiger partial charge in [0.25, 0.3) is 5.91 Å². The van der Waals surface area contributed by atoms with E-state index < -0.39 is 0 Å². The van der Waals surface area contributed by atoms with Crippen molar-refractivity contribution in [3.8, 4) is 0 Å². The molecule has 1 atom stereocenters. The highest BCUT2D eigenvalue weighted by Gasteiger charge is 2.30. The van der Waals surface area contributed by atoms with Crippen molar-refractivity contribution in [2.45, 2.75) is 19.3 Å². The van der Waals surface area contributed by atoms with Gasteiger partial charge >= 0.3 is 0 Å². The molecule has 4 nitrogen and oxygen atoms in total. The second-order valence-electron chi connectivity index (χ2n) is 5.85. The fourth-order valence-corrected chi connectivity index (χ4v) is 4.22. The van der Waals surface area contributed by atoms with Gasteiger partial charge in [0.1, 0.15) is 0 Å². The predicted octanol–water partition coefficient (Wildman–Crippen LogP) is 3.56. The smallest absolute Gasteiger partial charge is 0.263 e. The lowest BCUT2D eigenvalue weighted by molar-refractivity contribution is 0.0795. The molecule has 1 saturated heterocycles. The maximum atomic E-state index is 12.7. The Morgan fingerprint density at radius 3 is 3.05 bits per heavy atom. The second-order valence-corrected chi connectivity index (χ2v) is 6.94. The number of carbonyl (C=O) groups excluding carboxylic acids is 1. The summed E-state index contributed by atoms with van der Waals surface area (Å²) in [5.41, 5.74) is 2.35. The molecule has 1 fully saturated rings. The highest BCUT2D eigenvalue weighted by atomic mass is 32.1. The van der Waals surface area contributed by atoms with E-state index in [0.29, 0.717) is 5.92 Å². The number of carbonyl (C=O) groups is 1. The number of aryl methyl sites for hydroxylation is 1. The van der Waals surface area contributed by atoms with Crippen LogP contribution in [0.3, 0.4) is 0 Å².